The summed E-state index contributed by atoms with van der Waals surface area (Å²) in [5.74, 6) is 0.756. The third-order valence-corrected chi connectivity index (χ3v) is 2.40. The van der Waals surface area contributed by atoms with Gasteiger partial charge in [-0.15, -0.1) is 0 Å². The van der Waals surface area contributed by atoms with Crippen LogP contribution in [-0.2, 0) is 4.79 Å². The van der Waals surface area contributed by atoms with Gasteiger partial charge in [0.1, 0.15) is 0 Å². The number of amides is 1. The topological polar surface area (TPSA) is 41.1 Å². The highest BCUT2D eigenvalue weighted by Gasteiger charge is 2.20. The Bertz CT molecular complexity index is 210. The molecule has 0 aliphatic rings. The van der Waals surface area contributed by atoms with Crippen molar-refractivity contribution in [2.75, 3.05) is 13.1 Å². The molecule has 0 spiro atoms. The minimum absolute atomic E-state index is 0.0885. The fourth-order valence-electron chi connectivity index (χ4n) is 1.87. The summed E-state index contributed by atoms with van der Waals surface area (Å²) in [6, 6.07) is 0.356. The van der Waals surface area contributed by atoms with E-state index in [2.05, 4.69) is 38.3 Å². The van der Waals surface area contributed by atoms with E-state index in [0.717, 1.165) is 13.0 Å². The molecular weight excluding hydrogens is 200 g/mol. The molecule has 0 saturated heterocycles. The highest BCUT2D eigenvalue weighted by atomic mass is 16.1. The summed E-state index contributed by atoms with van der Waals surface area (Å²) in [7, 11) is 0. The van der Waals surface area contributed by atoms with Crippen LogP contribution in [0.25, 0.3) is 0 Å². The van der Waals surface area contributed by atoms with Crippen LogP contribution in [0.2, 0.25) is 0 Å². The van der Waals surface area contributed by atoms with E-state index in [4.69, 9.17) is 0 Å². The van der Waals surface area contributed by atoms with E-state index in [1.54, 1.807) is 0 Å². The van der Waals surface area contributed by atoms with Crippen LogP contribution in [0, 0.1) is 11.3 Å². The number of rotatable bonds is 7. The summed E-state index contributed by atoms with van der Waals surface area (Å²) in [5.41, 5.74) is 0.182. The molecule has 0 aromatic carbocycles. The molecule has 1 amide bonds. The standard InChI is InChI=1S/C13H28N2O/c1-10(2)7-13(5,6)9-15-12(16)8-14-11(3)4/h10-11,14H,7-9H2,1-6H3,(H,15,16). The number of hydrogen-bond donors (Lipinski definition) is 2. The smallest absolute Gasteiger partial charge is 0.233 e. The second kappa shape index (κ2) is 6.89. The Morgan fingerprint density at radius 1 is 1.19 bits per heavy atom. The summed E-state index contributed by atoms with van der Waals surface area (Å²) in [6.45, 7) is 14.1. The first-order chi connectivity index (χ1) is 7.23. The van der Waals surface area contributed by atoms with Gasteiger partial charge in [-0.25, -0.2) is 0 Å². The zero-order chi connectivity index (χ0) is 12.8. The van der Waals surface area contributed by atoms with Crippen molar-refractivity contribution >= 4 is 5.91 Å². The van der Waals surface area contributed by atoms with E-state index in [-0.39, 0.29) is 11.3 Å². The molecule has 0 aromatic rings. The highest BCUT2D eigenvalue weighted by Crippen LogP contribution is 2.23. The molecule has 0 atom stereocenters. The molecule has 0 heterocycles. The van der Waals surface area contributed by atoms with E-state index in [1.165, 1.54) is 0 Å². The van der Waals surface area contributed by atoms with Crippen molar-refractivity contribution < 1.29 is 4.79 Å². The predicted molar refractivity (Wildman–Crippen MR) is 69.4 cm³/mol. The van der Waals surface area contributed by atoms with Gasteiger partial charge in [0.05, 0.1) is 6.54 Å². The van der Waals surface area contributed by atoms with Crippen molar-refractivity contribution in [3.63, 3.8) is 0 Å². The lowest BCUT2D eigenvalue weighted by atomic mass is 9.84. The zero-order valence-corrected chi connectivity index (χ0v) is 11.7. The van der Waals surface area contributed by atoms with Crippen molar-refractivity contribution in [2.45, 2.75) is 54.0 Å². The van der Waals surface area contributed by atoms with E-state index in [9.17, 15) is 4.79 Å². The highest BCUT2D eigenvalue weighted by molar-refractivity contribution is 5.78. The van der Waals surface area contributed by atoms with Crippen molar-refractivity contribution in [3.05, 3.63) is 0 Å². The first-order valence-corrected chi connectivity index (χ1v) is 6.23. The molecule has 0 saturated carbocycles. The molecule has 0 radical (unpaired) electrons. The monoisotopic (exact) mass is 228 g/mol. The Balaban J connectivity index is 3.81. The van der Waals surface area contributed by atoms with Crippen LogP contribution < -0.4 is 10.6 Å². The minimum Gasteiger partial charge on any atom is -0.354 e. The molecule has 0 rings (SSSR count). The maximum atomic E-state index is 11.5. The van der Waals surface area contributed by atoms with E-state index in [1.807, 2.05) is 13.8 Å². The van der Waals surface area contributed by atoms with Crippen molar-refractivity contribution in [1.82, 2.24) is 10.6 Å². The summed E-state index contributed by atoms with van der Waals surface area (Å²) in [4.78, 5) is 11.5. The van der Waals surface area contributed by atoms with Crippen LogP contribution in [-0.4, -0.2) is 25.0 Å². The van der Waals surface area contributed by atoms with Gasteiger partial charge in [0, 0.05) is 12.6 Å². The van der Waals surface area contributed by atoms with E-state index >= 15 is 0 Å². The first kappa shape index (κ1) is 15.4. The third-order valence-electron chi connectivity index (χ3n) is 2.40. The number of carbonyl (C=O) groups is 1. The van der Waals surface area contributed by atoms with Gasteiger partial charge in [0.15, 0.2) is 0 Å². The number of nitrogens with one attached hydrogen (secondary N) is 2. The van der Waals surface area contributed by atoms with Crippen molar-refractivity contribution in [3.8, 4) is 0 Å². The average molecular weight is 228 g/mol. The van der Waals surface area contributed by atoms with Crippen LogP contribution in [0.1, 0.15) is 48.0 Å². The fraction of sp³-hybridized carbons (Fsp3) is 0.923. The Kier molecular flexibility index (Phi) is 6.65. The molecule has 0 aromatic heterocycles. The second-order valence-electron chi connectivity index (χ2n) is 6.07. The molecule has 96 valence electrons. The lowest BCUT2D eigenvalue weighted by Crippen LogP contribution is -2.41. The summed E-state index contributed by atoms with van der Waals surface area (Å²) >= 11 is 0. The number of carbonyl (C=O) groups excluding carboxylic acids is 1. The van der Waals surface area contributed by atoms with Gasteiger partial charge in [0.25, 0.3) is 0 Å². The fourth-order valence-corrected chi connectivity index (χ4v) is 1.87. The van der Waals surface area contributed by atoms with Crippen molar-refractivity contribution in [2.24, 2.45) is 11.3 Å². The minimum atomic E-state index is 0.0885. The molecule has 3 nitrogen and oxygen atoms in total. The molecule has 0 fully saturated rings. The molecule has 0 unspecified atom stereocenters. The van der Waals surface area contributed by atoms with Gasteiger partial charge < -0.3 is 10.6 Å². The molecule has 3 heteroatoms. The Labute approximate surface area is 100 Å². The normalized spacial score (nSPS) is 12.2. The maximum absolute atomic E-state index is 11.5. The number of hydrogen-bond acceptors (Lipinski definition) is 2. The lowest BCUT2D eigenvalue weighted by Gasteiger charge is -2.27. The summed E-state index contributed by atoms with van der Waals surface area (Å²) < 4.78 is 0. The van der Waals surface area contributed by atoms with Crippen LogP contribution in [0.15, 0.2) is 0 Å². The van der Waals surface area contributed by atoms with Crippen LogP contribution >= 0.6 is 0 Å². The Morgan fingerprint density at radius 3 is 2.19 bits per heavy atom. The van der Waals surface area contributed by atoms with E-state index < -0.39 is 0 Å². The van der Waals surface area contributed by atoms with Crippen LogP contribution in [0.5, 0.6) is 0 Å². The van der Waals surface area contributed by atoms with Crippen LogP contribution in [0.4, 0.5) is 0 Å². The summed E-state index contributed by atoms with van der Waals surface area (Å²) in [5, 5.41) is 6.09. The van der Waals surface area contributed by atoms with Crippen molar-refractivity contribution in [1.29, 1.82) is 0 Å². The lowest BCUT2D eigenvalue weighted by molar-refractivity contribution is -0.120. The van der Waals surface area contributed by atoms with Gasteiger partial charge in [-0.05, 0) is 17.8 Å². The van der Waals surface area contributed by atoms with Gasteiger partial charge in [-0.3, -0.25) is 4.79 Å². The Hall–Kier alpha value is -0.570. The third kappa shape index (κ3) is 8.72. The largest absolute Gasteiger partial charge is 0.354 e. The van der Waals surface area contributed by atoms with Gasteiger partial charge >= 0.3 is 0 Å². The molecule has 16 heavy (non-hydrogen) atoms. The SMILES string of the molecule is CC(C)CC(C)(C)CNC(=O)CNC(C)C. The first-order valence-electron chi connectivity index (χ1n) is 6.23. The molecule has 2 N–H and O–H groups in total. The van der Waals surface area contributed by atoms with Gasteiger partial charge in [-0.1, -0.05) is 41.5 Å². The second-order valence-corrected chi connectivity index (χ2v) is 6.07. The molecule has 0 aliphatic carbocycles. The molecule has 0 aliphatic heterocycles. The van der Waals surface area contributed by atoms with E-state index in [0.29, 0.717) is 18.5 Å². The Morgan fingerprint density at radius 2 is 1.75 bits per heavy atom. The maximum Gasteiger partial charge on any atom is 0.233 e. The molecular formula is C13H28N2O. The van der Waals surface area contributed by atoms with Gasteiger partial charge in [-0.2, -0.15) is 0 Å². The van der Waals surface area contributed by atoms with Crippen LogP contribution in [0.3, 0.4) is 0 Å². The average Bonchev–Trinajstić information content (AvgIpc) is 2.09. The van der Waals surface area contributed by atoms with Gasteiger partial charge in [0.2, 0.25) is 5.91 Å². The predicted octanol–water partition coefficient (Wildman–Crippen LogP) is 2.17. The zero-order valence-electron chi connectivity index (χ0n) is 11.7. The summed E-state index contributed by atoms with van der Waals surface area (Å²) in [6.07, 6.45) is 1.13. The quantitative estimate of drug-likeness (QED) is 0.701. The molecule has 0 bridgehead atoms.